The zero-order valence-electron chi connectivity index (χ0n) is 27.8. The van der Waals surface area contributed by atoms with Crippen LogP contribution in [0.1, 0.15) is 11.5 Å². The number of ether oxygens (including phenoxy) is 1. The molecule has 1 aliphatic heterocycles. The van der Waals surface area contributed by atoms with Gasteiger partial charge >= 0.3 is 0 Å². The van der Waals surface area contributed by atoms with Gasteiger partial charge in [0.15, 0.2) is 0 Å². The van der Waals surface area contributed by atoms with E-state index in [9.17, 15) is 0 Å². The molecule has 3 heteroatoms. The minimum absolute atomic E-state index is 0.00252. The van der Waals surface area contributed by atoms with E-state index >= 15 is 0 Å². The molecule has 0 spiro atoms. The molecule has 7 aromatic carbocycles. The highest BCUT2D eigenvalue weighted by molar-refractivity contribution is 6.09. The van der Waals surface area contributed by atoms with Crippen molar-refractivity contribution >= 4 is 39.0 Å². The number of anilines is 3. The SMILES string of the molecule is C1=CC2Oc3cc(N(c4ccc(-c5ccccc5)cc4)c4ccc(-c5cccc6c5oc5ccccc56)cc4)c(-c4ccccc4)cc3C2C=C1. The van der Waals surface area contributed by atoms with Crippen LogP contribution < -0.4 is 9.64 Å². The van der Waals surface area contributed by atoms with Gasteiger partial charge in [-0.3, -0.25) is 0 Å². The lowest BCUT2D eigenvalue weighted by molar-refractivity contribution is 0.269. The molecule has 0 N–H and O–H groups in total. The number of para-hydroxylation sites is 2. The maximum atomic E-state index is 6.61. The molecule has 0 bridgehead atoms. The molecule has 1 aliphatic carbocycles. The topological polar surface area (TPSA) is 25.6 Å². The molecule has 10 rings (SSSR count). The Balaban J connectivity index is 1.14. The standard InChI is InChI=1S/C48H33NO2/c1-3-12-32(13-4-1)33-22-26-36(27-23-33)49(37-28-24-35(25-29-37)38-18-11-19-41-39-16-7-10-21-46(39)51-48(38)41)44-31-47-43(40-17-8-9-20-45(40)50-47)30-42(44)34-14-5-2-6-15-34/h1-31,40,45H. The molecule has 51 heavy (non-hydrogen) atoms. The van der Waals surface area contributed by atoms with E-state index in [1.165, 1.54) is 16.7 Å². The molecule has 0 saturated carbocycles. The smallest absolute Gasteiger partial charge is 0.143 e. The van der Waals surface area contributed by atoms with Crippen molar-refractivity contribution < 1.29 is 9.15 Å². The largest absolute Gasteiger partial charge is 0.485 e. The number of hydrogen-bond acceptors (Lipinski definition) is 3. The molecule has 0 fully saturated rings. The van der Waals surface area contributed by atoms with Crippen molar-refractivity contribution in [3.05, 3.63) is 194 Å². The van der Waals surface area contributed by atoms with Crippen molar-refractivity contribution in [1.29, 1.82) is 0 Å². The molecule has 0 saturated heterocycles. The molecule has 8 aromatic rings. The van der Waals surface area contributed by atoms with Gasteiger partial charge < -0.3 is 14.1 Å². The lowest BCUT2D eigenvalue weighted by Crippen LogP contribution is -2.15. The average Bonchev–Trinajstić information content (AvgIpc) is 3.77. The van der Waals surface area contributed by atoms with Crippen LogP contribution in [0.5, 0.6) is 5.75 Å². The second-order valence-corrected chi connectivity index (χ2v) is 13.2. The van der Waals surface area contributed by atoms with Gasteiger partial charge in [-0.2, -0.15) is 0 Å². The monoisotopic (exact) mass is 655 g/mol. The number of nitrogens with zero attached hydrogens (tertiary/aromatic N) is 1. The summed E-state index contributed by atoms with van der Waals surface area (Å²) in [5.74, 6) is 1.12. The molecular formula is C48H33NO2. The number of benzene rings is 7. The molecule has 2 aliphatic rings. The fraction of sp³-hybridized carbons (Fsp3) is 0.0417. The fourth-order valence-electron chi connectivity index (χ4n) is 7.73. The summed E-state index contributed by atoms with van der Waals surface area (Å²) in [5, 5.41) is 2.26. The molecule has 1 aromatic heterocycles. The summed E-state index contributed by atoms with van der Waals surface area (Å²) < 4.78 is 13.0. The second-order valence-electron chi connectivity index (χ2n) is 13.2. The normalized spacial score (nSPS) is 15.8. The van der Waals surface area contributed by atoms with Crippen molar-refractivity contribution in [2.45, 2.75) is 12.0 Å². The summed E-state index contributed by atoms with van der Waals surface area (Å²) in [5.41, 5.74) is 13.1. The van der Waals surface area contributed by atoms with Gasteiger partial charge in [-0.25, -0.2) is 0 Å². The van der Waals surface area contributed by atoms with Crippen LogP contribution in [0, 0.1) is 0 Å². The molecule has 0 radical (unpaired) electrons. The summed E-state index contributed by atoms with van der Waals surface area (Å²) >= 11 is 0. The Morgan fingerprint density at radius 2 is 1.08 bits per heavy atom. The van der Waals surface area contributed by atoms with Crippen molar-refractivity contribution in [2.24, 2.45) is 0 Å². The molecule has 2 heterocycles. The summed E-state index contributed by atoms with van der Waals surface area (Å²) in [6.45, 7) is 0. The number of hydrogen-bond donors (Lipinski definition) is 0. The van der Waals surface area contributed by atoms with Crippen LogP contribution in [0.15, 0.2) is 193 Å². The minimum Gasteiger partial charge on any atom is -0.485 e. The van der Waals surface area contributed by atoms with E-state index < -0.39 is 0 Å². The predicted molar refractivity (Wildman–Crippen MR) is 210 cm³/mol. The van der Waals surface area contributed by atoms with Gasteiger partial charge in [0.05, 0.1) is 5.69 Å². The Morgan fingerprint density at radius 1 is 0.471 bits per heavy atom. The first-order valence-electron chi connectivity index (χ1n) is 17.5. The zero-order valence-corrected chi connectivity index (χ0v) is 27.8. The first-order chi connectivity index (χ1) is 25.3. The Morgan fingerprint density at radius 3 is 1.84 bits per heavy atom. The number of allylic oxidation sites excluding steroid dienone is 2. The van der Waals surface area contributed by atoms with Crippen LogP contribution in [0.4, 0.5) is 17.1 Å². The van der Waals surface area contributed by atoms with Crippen molar-refractivity contribution in [3.63, 3.8) is 0 Å². The van der Waals surface area contributed by atoms with Crippen LogP contribution in [-0.2, 0) is 0 Å². The van der Waals surface area contributed by atoms with Crippen LogP contribution in [0.3, 0.4) is 0 Å². The lowest BCUT2D eigenvalue weighted by Gasteiger charge is -2.29. The van der Waals surface area contributed by atoms with Crippen LogP contribution in [0.2, 0.25) is 0 Å². The summed E-state index contributed by atoms with van der Waals surface area (Å²) in [6.07, 6.45) is 8.63. The summed E-state index contributed by atoms with van der Waals surface area (Å²) in [4.78, 5) is 2.36. The zero-order chi connectivity index (χ0) is 33.7. The Bertz CT molecular complexity index is 2600. The van der Waals surface area contributed by atoms with E-state index in [1.807, 2.05) is 12.1 Å². The summed E-state index contributed by atoms with van der Waals surface area (Å²) in [7, 11) is 0. The van der Waals surface area contributed by atoms with E-state index in [0.29, 0.717) is 0 Å². The molecular weight excluding hydrogens is 623 g/mol. The lowest BCUT2D eigenvalue weighted by atomic mass is 9.89. The maximum Gasteiger partial charge on any atom is 0.143 e. The van der Waals surface area contributed by atoms with E-state index in [-0.39, 0.29) is 12.0 Å². The Kier molecular flexibility index (Phi) is 6.95. The van der Waals surface area contributed by atoms with Gasteiger partial charge in [0, 0.05) is 50.8 Å². The quantitative estimate of drug-likeness (QED) is 0.178. The number of rotatable bonds is 6. The van der Waals surface area contributed by atoms with Crippen molar-refractivity contribution in [1.82, 2.24) is 0 Å². The molecule has 3 nitrogen and oxygen atoms in total. The van der Waals surface area contributed by atoms with Gasteiger partial charge in [0.25, 0.3) is 0 Å². The van der Waals surface area contributed by atoms with Gasteiger partial charge in [-0.1, -0.05) is 140 Å². The van der Waals surface area contributed by atoms with Crippen molar-refractivity contribution in [3.8, 4) is 39.1 Å². The molecule has 2 atom stereocenters. The van der Waals surface area contributed by atoms with Crippen LogP contribution in [0.25, 0.3) is 55.3 Å². The second kappa shape index (κ2) is 12.1. The van der Waals surface area contributed by atoms with E-state index in [0.717, 1.165) is 67.0 Å². The minimum atomic E-state index is 0.00252. The highest BCUT2D eigenvalue weighted by Gasteiger charge is 2.34. The van der Waals surface area contributed by atoms with E-state index in [4.69, 9.17) is 9.15 Å². The average molecular weight is 656 g/mol. The Labute approximate surface area is 297 Å². The van der Waals surface area contributed by atoms with Crippen molar-refractivity contribution in [2.75, 3.05) is 4.90 Å². The maximum absolute atomic E-state index is 6.61. The summed E-state index contributed by atoms with van der Waals surface area (Å²) in [6, 6.07) is 58.2. The van der Waals surface area contributed by atoms with Crippen LogP contribution in [-0.4, -0.2) is 6.10 Å². The first-order valence-corrected chi connectivity index (χ1v) is 17.5. The van der Waals surface area contributed by atoms with Gasteiger partial charge in [-0.15, -0.1) is 0 Å². The molecule has 2 unspecified atom stereocenters. The number of furan rings is 1. The van der Waals surface area contributed by atoms with E-state index in [1.54, 1.807) is 0 Å². The third kappa shape index (κ3) is 5.05. The van der Waals surface area contributed by atoms with E-state index in [2.05, 4.69) is 181 Å². The van der Waals surface area contributed by atoms with Gasteiger partial charge in [-0.05, 0) is 64.7 Å². The third-order valence-corrected chi connectivity index (χ3v) is 10.2. The highest BCUT2D eigenvalue weighted by atomic mass is 16.5. The first kappa shape index (κ1) is 29.3. The Hall–Kier alpha value is -6.58. The highest BCUT2D eigenvalue weighted by Crippen LogP contribution is 2.50. The number of fused-ring (bicyclic) bond motifs is 6. The fourth-order valence-corrected chi connectivity index (χ4v) is 7.73. The van der Waals surface area contributed by atoms with Gasteiger partial charge in [0.2, 0.25) is 0 Å². The predicted octanol–water partition coefficient (Wildman–Crippen LogP) is 13.0. The molecule has 242 valence electrons. The van der Waals surface area contributed by atoms with Gasteiger partial charge in [0.1, 0.15) is 23.0 Å². The molecule has 0 amide bonds. The van der Waals surface area contributed by atoms with Crippen LogP contribution >= 0.6 is 0 Å². The third-order valence-electron chi connectivity index (χ3n) is 10.2.